The molecular formula is C21H25ClFN3O2. The standard InChI is InChI=1S/C21H25ClFN3O2/c1-21(2,3)28-20(27)26-11-9-25(10-12-26)19(15-5-4-8-24-14-15)17-7-6-16(22)13-18(17)23/h4-8,13-14,19H,9-12H2,1-3H3. The van der Waals surface area contributed by atoms with Gasteiger partial charge in [0.15, 0.2) is 0 Å². The van der Waals surface area contributed by atoms with E-state index in [2.05, 4.69) is 9.88 Å². The Labute approximate surface area is 170 Å². The zero-order valence-corrected chi connectivity index (χ0v) is 17.1. The zero-order chi connectivity index (χ0) is 20.3. The van der Waals surface area contributed by atoms with Crippen LogP contribution in [0.5, 0.6) is 0 Å². The van der Waals surface area contributed by atoms with Gasteiger partial charge in [0.1, 0.15) is 11.4 Å². The van der Waals surface area contributed by atoms with Crippen LogP contribution in [0, 0.1) is 5.82 Å². The monoisotopic (exact) mass is 405 g/mol. The number of ether oxygens (including phenoxy) is 1. The number of benzene rings is 1. The average Bonchev–Trinajstić information content (AvgIpc) is 2.64. The van der Waals surface area contributed by atoms with Crippen LogP contribution in [0.3, 0.4) is 0 Å². The lowest BCUT2D eigenvalue weighted by Gasteiger charge is -2.40. The van der Waals surface area contributed by atoms with Crippen molar-refractivity contribution in [2.45, 2.75) is 32.4 Å². The van der Waals surface area contributed by atoms with Crippen molar-refractivity contribution in [1.82, 2.24) is 14.8 Å². The third-order valence-electron chi connectivity index (χ3n) is 4.59. The molecular weight excluding hydrogens is 381 g/mol. The highest BCUT2D eigenvalue weighted by Crippen LogP contribution is 2.32. The number of amides is 1. The maximum atomic E-state index is 14.7. The van der Waals surface area contributed by atoms with Crippen LogP contribution in [-0.2, 0) is 4.74 Å². The van der Waals surface area contributed by atoms with E-state index in [4.69, 9.17) is 16.3 Å². The van der Waals surface area contributed by atoms with Crippen molar-refractivity contribution in [1.29, 1.82) is 0 Å². The molecule has 150 valence electrons. The molecule has 1 aromatic heterocycles. The van der Waals surface area contributed by atoms with Gasteiger partial charge in [-0.2, -0.15) is 0 Å². The predicted molar refractivity (Wildman–Crippen MR) is 107 cm³/mol. The molecule has 28 heavy (non-hydrogen) atoms. The molecule has 2 heterocycles. The number of aromatic nitrogens is 1. The largest absolute Gasteiger partial charge is 0.444 e. The van der Waals surface area contributed by atoms with Gasteiger partial charge in [-0.15, -0.1) is 0 Å². The lowest BCUT2D eigenvalue weighted by molar-refractivity contribution is 0.0118. The molecule has 1 saturated heterocycles. The zero-order valence-electron chi connectivity index (χ0n) is 16.4. The second kappa shape index (κ2) is 8.45. The number of nitrogens with zero attached hydrogens (tertiary/aromatic N) is 3. The number of halogens is 2. The molecule has 0 N–H and O–H groups in total. The van der Waals surface area contributed by atoms with Gasteiger partial charge in [0.05, 0.1) is 6.04 Å². The molecule has 1 amide bonds. The summed E-state index contributed by atoms with van der Waals surface area (Å²) in [5.41, 5.74) is 0.913. The first-order valence-electron chi connectivity index (χ1n) is 9.31. The van der Waals surface area contributed by atoms with E-state index in [0.29, 0.717) is 36.8 Å². The van der Waals surface area contributed by atoms with Crippen LogP contribution in [0.1, 0.15) is 37.9 Å². The second-order valence-corrected chi connectivity index (χ2v) is 8.29. The summed E-state index contributed by atoms with van der Waals surface area (Å²) in [6.45, 7) is 7.78. The summed E-state index contributed by atoms with van der Waals surface area (Å²) in [6, 6.07) is 8.22. The van der Waals surface area contributed by atoms with Gasteiger partial charge in [-0.3, -0.25) is 9.88 Å². The summed E-state index contributed by atoms with van der Waals surface area (Å²) in [5, 5.41) is 0.362. The van der Waals surface area contributed by atoms with Crippen LogP contribution < -0.4 is 0 Å². The summed E-state index contributed by atoms with van der Waals surface area (Å²) >= 11 is 5.94. The Bertz CT molecular complexity index is 818. The first-order valence-corrected chi connectivity index (χ1v) is 9.69. The van der Waals surface area contributed by atoms with Gasteiger partial charge in [-0.25, -0.2) is 9.18 Å². The van der Waals surface area contributed by atoms with Gasteiger partial charge in [-0.1, -0.05) is 23.7 Å². The molecule has 0 aliphatic carbocycles. The third-order valence-corrected chi connectivity index (χ3v) is 4.82. The van der Waals surface area contributed by atoms with Crippen LogP contribution in [0.4, 0.5) is 9.18 Å². The van der Waals surface area contributed by atoms with Crippen molar-refractivity contribution in [2.24, 2.45) is 0 Å². The molecule has 1 unspecified atom stereocenters. The normalized spacial score (nSPS) is 16.7. The molecule has 1 aromatic carbocycles. The fraction of sp³-hybridized carbons (Fsp3) is 0.429. The minimum atomic E-state index is -0.529. The fourth-order valence-electron chi connectivity index (χ4n) is 3.34. The molecule has 0 radical (unpaired) electrons. The van der Waals surface area contributed by atoms with Gasteiger partial charge < -0.3 is 9.64 Å². The fourth-order valence-corrected chi connectivity index (χ4v) is 3.50. The van der Waals surface area contributed by atoms with Crippen molar-refractivity contribution in [2.75, 3.05) is 26.2 Å². The van der Waals surface area contributed by atoms with E-state index in [1.54, 1.807) is 29.4 Å². The Hall–Kier alpha value is -2.18. The summed E-state index contributed by atoms with van der Waals surface area (Å²) in [6.07, 6.45) is 3.13. The molecule has 5 nitrogen and oxygen atoms in total. The van der Waals surface area contributed by atoms with Crippen LogP contribution >= 0.6 is 11.6 Å². The van der Waals surface area contributed by atoms with Crippen molar-refractivity contribution in [3.63, 3.8) is 0 Å². The lowest BCUT2D eigenvalue weighted by atomic mass is 9.97. The Morgan fingerprint density at radius 1 is 1.21 bits per heavy atom. The quantitative estimate of drug-likeness (QED) is 0.753. The smallest absolute Gasteiger partial charge is 0.410 e. The predicted octanol–water partition coefficient (Wildman–Crippen LogP) is 4.52. The minimum Gasteiger partial charge on any atom is -0.444 e. The maximum absolute atomic E-state index is 14.7. The van der Waals surface area contributed by atoms with Crippen molar-refractivity contribution >= 4 is 17.7 Å². The molecule has 7 heteroatoms. The van der Waals surface area contributed by atoms with Crippen LogP contribution in [0.25, 0.3) is 0 Å². The minimum absolute atomic E-state index is 0.299. The van der Waals surface area contributed by atoms with Crippen LogP contribution in [0.2, 0.25) is 5.02 Å². The van der Waals surface area contributed by atoms with E-state index in [1.807, 2.05) is 32.9 Å². The highest BCUT2D eigenvalue weighted by Gasteiger charge is 2.31. The van der Waals surface area contributed by atoms with Crippen LogP contribution in [-0.4, -0.2) is 52.7 Å². The second-order valence-electron chi connectivity index (χ2n) is 7.86. The summed E-state index contributed by atoms with van der Waals surface area (Å²) in [4.78, 5) is 20.4. The SMILES string of the molecule is CC(C)(C)OC(=O)N1CCN(C(c2cccnc2)c2ccc(Cl)cc2F)CC1. The average molecular weight is 406 g/mol. The lowest BCUT2D eigenvalue weighted by Crippen LogP contribution is -2.51. The molecule has 1 fully saturated rings. The molecule has 1 atom stereocenters. The Kier molecular flexibility index (Phi) is 6.20. The van der Waals surface area contributed by atoms with E-state index >= 15 is 0 Å². The number of carbonyl (C=O) groups excluding carboxylic acids is 1. The van der Waals surface area contributed by atoms with Gasteiger partial charge in [0, 0.05) is 49.2 Å². The number of piperazine rings is 1. The van der Waals surface area contributed by atoms with Crippen LogP contribution in [0.15, 0.2) is 42.7 Å². The van der Waals surface area contributed by atoms with E-state index in [-0.39, 0.29) is 18.0 Å². The number of hydrogen-bond donors (Lipinski definition) is 0. The summed E-state index contributed by atoms with van der Waals surface area (Å²) < 4.78 is 20.2. The number of rotatable bonds is 3. The number of pyridine rings is 1. The highest BCUT2D eigenvalue weighted by atomic mass is 35.5. The molecule has 0 bridgehead atoms. The third kappa shape index (κ3) is 5.00. The van der Waals surface area contributed by atoms with Crippen molar-refractivity contribution in [3.05, 3.63) is 64.7 Å². The van der Waals surface area contributed by atoms with Gasteiger partial charge in [-0.05, 0) is 44.5 Å². The maximum Gasteiger partial charge on any atom is 0.410 e. The molecule has 0 spiro atoms. The van der Waals surface area contributed by atoms with Gasteiger partial charge >= 0.3 is 6.09 Å². The first-order chi connectivity index (χ1) is 13.2. The highest BCUT2D eigenvalue weighted by molar-refractivity contribution is 6.30. The molecule has 3 rings (SSSR count). The van der Waals surface area contributed by atoms with E-state index in [0.717, 1.165) is 5.56 Å². The van der Waals surface area contributed by atoms with Crippen molar-refractivity contribution in [3.8, 4) is 0 Å². The molecule has 2 aromatic rings. The first kappa shape index (κ1) is 20.6. The van der Waals surface area contributed by atoms with E-state index in [9.17, 15) is 9.18 Å². The van der Waals surface area contributed by atoms with Gasteiger partial charge in [0.2, 0.25) is 0 Å². The van der Waals surface area contributed by atoms with Gasteiger partial charge in [0.25, 0.3) is 0 Å². The van der Waals surface area contributed by atoms with E-state index < -0.39 is 5.60 Å². The van der Waals surface area contributed by atoms with Crippen molar-refractivity contribution < 1.29 is 13.9 Å². The van der Waals surface area contributed by atoms with E-state index in [1.165, 1.54) is 6.07 Å². The molecule has 1 aliphatic heterocycles. The molecule has 0 saturated carbocycles. The topological polar surface area (TPSA) is 45.7 Å². The Morgan fingerprint density at radius 2 is 1.93 bits per heavy atom. The summed E-state index contributed by atoms with van der Waals surface area (Å²) in [7, 11) is 0. The Morgan fingerprint density at radius 3 is 2.50 bits per heavy atom. The Balaban J connectivity index is 1.80. The number of hydrogen-bond acceptors (Lipinski definition) is 4. The number of carbonyl (C=O) groups is 1. The summed E-state index contributed by atoms with van der Waals surface area (Å²) in [5.74, 6) is -0.351. The molecule has 1 aliphatic rings.